The number of carboxylic acid groups (broad SMARTS) is 1. The first-order valence-corrected chi connectivity index (χ1v) is 11.0. The topological polar surface area (TPSA) is 151 Å². The van der Waals surface area contributed by atoms with E-state index in [1.54, 1.807) is 20.8 Å². The highest BCUT2D eigenvalue weighted by atomic mass is 32.1. The first-order chi connectivity index (χ1) is 13.8. The van der Waals surface area contributed by atoms with Crippen LogP contribution in [0.5, 0.6) is 0 Å². The van der Waals surface area contributed by atoms with Crippen LogP contribution in [-0.4, -0.2) is 58.7 Å². The number of carbonyl (C=O) groups is 4. The van der Waals surface area contributed by atoms with Gasteiger partial charge in [0.1, 0.15) is 18.1 Å². The van der Waals surface area contributed by atoms with Gasteiger partial charge in [0, 0.05) is 5.75 Å². The largest absolute Gasteiger partial charge is 0.480 e. The van der Waals surface area contributed by atoms with Gasteiger partial charge in [0.15, 0.2) is 0 Å². The number of hydrogen-bond donors (Lipinski definition) is 6. The number of thiol groups is 1. The molecule has 9 nitrogen and oxygen atoms in total. The highest BCUT2D eigenvalue weighted by Crippen LogP contribution is 2.11. The lowest BCUT2D eigenvalue weighted by molar-refractivity contribution is -0.144. The van der Waals surface area contributed by atoms with E-state index in [1.807, 2.05) is 20.8 Å². The van der Waals surface area contributed by atoms with Crippen LogP contribution in [0.4, 0.5) is 0 Å². The van der Waals surface area contributed by atoms with E-state index in [-0.39, 0.29) is 23.5 Å². The van der Waals surface area contributed by atoms with Crippen LogP contribution in [0.3, 0.4) is 0 Å². The van der Waals surface area contributed by atoms with Crippen molar-refractivity contribution in [1.29, 1.82) is 0 Å². The van der Waals surface area contributed by atoms with E-state index in [2.05, 4.69) is 28.6 Å². The molecule has 10 heteroatoms. The third-order valence-electron chi connectivity index (χ3n) is 4.95. The summed E-state index contributed by atoms with van der Waals surface area (Å²) in [7, 11) is 0. The average molecular weight is 447 g/mol. The van der Waals surface area contributed by atoms with Crippen LogP contribution in [-0.2, 0) is 19.2 Å². The molecule has 0 rings (SSSR count). The van der Waals surface area contributed by atoms with Crippen LogP contribution in [0, 0.1) is 17.8 Å². The molecule has 0 saturated heterocycles. The van der Waals surface area contributed by atoms with Crippen molar-refractivity contribution in [3.05, 3.63) is 0 Å². The Kier molecular flexibility index (Phi) is 12.7. The van der Waals surface area contributed by atoms with Gasteiger partial charge >= 0.3 is 5.97 Å². The minimum Gasteiger partial charge on any atom is -0.480 e. The summed E-state index contributed by atoms with van der Waals surface area (Å²) in [6, 6.07) is -3.75. The number of nitrogens with two attached hydrogens (primary N) is 1. The molecule has 0 bridgehead atoms. The Balaban J connectivity index is 5.33. The molecule has 3 amide bonds. The molecule has 0 spiro atoms. The van der Waals surface area contributed by atoms with E-state index in [4.69, 9.17) is 5.73 Å². The Bertz CT molecular complexity index is 600. The highest BCUT2D eigenvalue weighted by Gasteiger charge is 2.32. The Hall–Kier alpha value is -1.81. The second-order valence-electron chi connectivity index (χ2n) is 8.41. The van der Waals surface area contributed by atoms with Gasteiger partial charge in [-0.15, -0.1) is 0 Å². The predicted octanol–water partition coefficient (Wildman–Crippen LogP) is 0.531. The van der Waals surface area contributed by atoms with Gasteiger partial charge in [0.2, 0.25) is 17.7 Å². The molecular formula is C20H38N4O5S. The van der Waals surface area contributed by atoms with Crippen molar-refractivity contribution < 1.29 is 24.3 Å². The second-order valence-corrected chi connectivity index (χ2v) is 8.78. The third kappa shape index (κ3) is 9.34. The molecule has 0 aliphatic rings. The van der Waals surface area contributed by atoms with Gasteiger partial charge in [-0.05, 0) is 24.2 Å². The number of carboxylic acids is 1. The van der Waals surface area contributed by atoms with Crippen LogP contribution < -0.4 is 21.7 Å². The van der Waals surface area contributed by atoms with Crippen molar-refractivity contribution in [3.8, 4) is 0 Å². The molecule has 0 heterocycles. The Morgan fingerprint density at radius 3 is 1.80 bits per heavy atom. The number of hydrogen-bond acceptors (Lipinski definition) is 6. The van der Waals surface area contributed by atoms with Crippen LogP contribution in [0.1, 0.15) is 54.4 Å². The zero-order valence-electron chi connectivity index (χ0n) is 18.8. The van der Waals surface area contributed by atoms with Crippen molar-refractivity contribution >= 4 is 36.3 Å². The van der Waals surface area contributed by atoms with E-state index >= 15 is 0 Å². The summed E-state index contributed by atoms with van der Waals surface area (Å²) >= 11 is 4.12. The molecule has 30 heavy (non-hydrogen) atoms. The minimum absolute atomic E-state index is 0.0169. The number of carbonyl (C=O) groups excluding carboxylic acids is 3. The summed E-state index contributed by atoms with van der Waals surface area (Å²) in [4.78, 5) is 49.2. The third-order valence-corrected chi connectivity index (χ3v) is 5.32. The Morgan fingerprint density at radius 2 is 1.40 bits per heavy atom. The van der Waals surface area contributed by atoms with Crippen LogP contribution in [0.2, 0.25) is 0 Å². The van der Waals surface area contributed by atoms with E-state index in [0.717, 1.165) is 0 Å². The summed E-state index contributed by atoms with van der Waals surface area (Å²) in [6.45, 7) is 10.9. The first-order valence-electron chi connectivity index (χ1n) is 10.4. The van der Waals surface area contributed by atoms with Gasteiger partial charge in [0.25, 0.3) is 0 Å². The molecule has 0 aromatic carbocycles. The fraction of sp³-hybridized carbons (Fsp3) is 0.800. The zero-order valence-corrected chi connectivity index (χ0v) is 19.7. The maximum Gasteiger partial charge on any atom is 0.326 e. The highest BCUT2D eigenvalue weighted by molar-refractivity contribution is 7.80. The summed E-state index contributed by atoms with van der Waals surface area (Å²) in [5, 5.41) is 17.1. The summed E-state index contributed by atoms with van der Waals surface area (Å²) in [5.41, 5.74) is 5.81. The van der Waals surface area contributed by atoms with E-state index in [9.17, 15) is 24.3 Å². The molecule has 0 fully saturated rings. The molecule has 5 unspecified atom stereocenters. The molecule has 0 aromatic heterocycles. The molecule has 0 aliphatic carbocycles. The zero-order chi connectivity index (χ0) is 23.6. The van der Waals surface area contributed by atoms with Crippen molar-refractivity contribution in [1.82, 2.24) is 16.0 Å². The Labute approximate surface area is 184 Å². The summed E-state index contributed by atoms with van der Waals surface area (Å²) in [5.74, 6) is -3.07. The van der Waals surface area contributed by atoms with Crippen molar-refractivity contribution in [3.63, 3.8) is 0 Å². The maximum absolute atomic E-state index is 12.8. The average Bonchev–Trinajstić information content (AvgIpc) is 2.66. The minimum atomic E-state index is -1.13. The molecule has 0 radical (unpaired) electrons. The number of nitrogens with one attached hydrogen (secondary N) is 3. The summed E-state index contributed by atoms with van der Waals surface area (Å²) in [6.07, 6.45) is 0.880. The first kappa shape index (κ1) is 28.2. The van der Waals surface area contributed by atoms with Gasteiger partial charge in [-0.25, -0.2) is 4.79 Å². The van der Waals surface area contributed by atoms with Crippen molar-refractivity contribution in [2.45, 2.75) is 78.6 Å². The normalized spacial score (nSPS) is 16.3. The smallest absolute Gasteiger partial charge is 0.326 e. The van der Waals surface area contributed by atoms with Crippen LogP contribution in [0.15, 0.2) is 0 Å². The van der Waals surface area contributed by atoms with E-state index < -0.39 is 47.9 Å². The lowest BCUT2D eigenvalue weighted by Crippen LogP contribution is -2.58. The number of amides is 3. The number of rotatable bonds is 13. The van der Waals surface area contributed by atoms with Gasteiger partial charge in [-0.3, -0.25) is 14.4 Å². The SMILES string of the molecule is CCC(C)C(NC(=O)C(CC(C)C)NC(=O)C(CS)NC(=O)C(N)C(C)C)C(=O)O. The molecule has 0 aromatic rings. The fourth-order valence-electron chi connectivity index (χ4n) is 2.68. The maximum atomic E-state index is 12.8. The molecule has 0 aliphatic heterocycles. The Morgan fingerprint density at radius 1 is 0.900 bits per heavy atom. The molecular weight excluding hydrogens is 408 g/mol. The van der Waals surface area contributed by atoms with Crippen molar-refractivity contribution in [2.75, 3.05) is 5.75 Å². The predicted molar refractivity (Wildman–Crippen MR) is 119 cm³/mol. The van der Waals surface area contributed by atoms with Crippen LogP contribution in [0.25, 0.3) is 0 Å². The standard InChI is InChI=1S/C20H38N4O5S/c1-7-12(6)16(20(28)29)24-17(25)13(8-10(2)3)22-18(26)14(9-30)23-19(27)15(21)11(4)5/h10-16,30H,7-9,21H2,1-6H3,(H,22,26)(H,23,27)(H,24,25)(H,28,29). The van der Waals surface area contributed by atoms with Gasteiger partial charge < -0.3 is 26.8 Å². The molecule has 6 N–H and O–H groups in total. The lowest BCUT2D eigenvalue weighted by Gasteiger charge is -2.27. The monoisotopic (exact) mass is 446 g/mol. The van der Waals surface area contributed by atoms with Crippen molar-refractivity contribution in [2.24, 2.45) is 23.5 Å². The fourth-order valence-corrected chi connectivity index (χ4v) is 2.93. The lowest BCUT2D eigenvalue weighted by atomic mass is 9.97. The summed E-state index contributed by atoms with van der Waals surface area (Å²) < 4.78 is 0. The molecule has 5 atom stereocenters. The van der Waals surface area contributed by atoms with Gasteiger partial charge in [-0.1, -0.05) is 48.0 Å². The second kappa shape index (κ2) is 13.5. The molecule has 174 valence electrons. The number of aliphatic carboxylic acids is 1. The van der Waals surface area contributed by atoms with Gasteiger partial charge in [-0.2, -0.15) is 12.6 Å². The van der Waals surface area contributed by atoms with Crippen LogP contribution >= 0.6 is 12.6 Å². The van der Waals surface area contributed by atoms with E-state index in [1.165, 1.54) is 0 Å². The molecule has 0 saturated carbocycles. The van der Waals surface area contributed by atoms with Gasteiger partial charge in [0.05, 0.1) is 6.04 Å². The quantitative estimate of drug-likeness (QED) is 0.227. The van der Waals surface area contributed by atoms with E-state index in [0.29, 0.717) is 12.8 Å².